The van der Waals surface area contributed by atoms with E-state index in [1.54, 1.807) is 11.6 Å². The van der Waals surface area contributed by atoms with E-state index in [0.717, 1.165) is 29.7 Å². The maximum atomic E-state index is 13.2. The van der Waals surface area contributed by atoms with Crippen LogP contribution in [0.3, 0.4) is 0 Å². The first-order valence-electron chi connectivity index (χ1n) is 7.60. The second kappa shape index (κ2) is 6.28. The molecule has 0 atom stereocenters. The molecule has 7 heteroatoms. The summed E-state index contributed by atoms with van der Waals surface area (Å²) in [5.74, 6) is -0.839. The molecule has 126 valence electrons. The number of fused-ring (bicyclic) bond motifs is 1. The molecule has 0 spiro atoms. The molecule has 0 saturated carbocycles. The lowest BCUT2D eigenvalue weighted by Gasteiger charge is -2.14. The Kier molecular flexibility index (Phi) is 4.32. The zero-order valence-corrected chi connectivity index (χ0v) is 14.1. The van der Waals surface area contributed by atoms with Crippen LogP contribution in [0.1, 0.15) is 40.2 Å². The van der Waals surface area contributed by atoms with Gasteiger partial charge in [-0.2, -0.15) is 0 Å². The summed E-state index contributed by atoms with van der Waals surface area (Å²) in [4.78, 5) is 12.7. The van der Waals surface area contributed by atoms with Crippen molar-refractivity contribution in [2.24, 2.45) is 12.2 Å². The van der Waals surface area contributed by atoms with Crippen LogP contribution in [0.5, 0.6) is 0 Å². The zero-order chi connectivity index (χ0) is 17.4. The van der Waals surface area contributed by atoms with Crippen molar-refractivity contribution in [2.75, 3.05) is 5.32 Å². The Bertz CT molecular complexity index is 858. The normalized spacial score (nSPS) is 15.4. The fraction of sp³-hybridized carbons (Fsp3) is 0.294. The number of anilines is 1. The van der Waals surface area contributed by atoms with Gasteiger partial charge in [0.2, 0.25) is 0 Å². The molecule has 1 amide bonds. The Morgan fingerprint density at radius 3 is 2.83 bits per heavy atom. The van der Waals surface area contributed by atoms with E-state index >= 15 is 0 Å². The highest BCUT2D eigenvalue weighted by Gasteiger charge is 2.29. The van der Waals surface area contributed by atoms with Crippen LogP contribution in [-0.2, 0) is 13.5 Å². The number of oxime groups is 1. The van der Waals surface area contributed by atoms with Crippen molar-refractivity contribution in [3.63, 3.8) is 0 Å². The molecular weight excluding hydrogens is 333 g/mol. The summed E-state index contributed by atoms with van der Waals surface area (Å²) in [5, 5.41) is 15.3. The summed E-state index contributed by atoms with van der Waals surface area (Å²) in [6.45, 7) is 1.89. The third-order valence-electron chi connectivity index (χ3n) is 4.43. The van der Waals surface area contributed by atoms with Crippen molar-refractivity contribution in [3.05, 3.63) is 51.6 Å². The van der Waals surface area contributed by atoms with Gasteiger partial charge in [-0.25, -0.2) is 4.39 Å². The van der Waals surface area contributed by atoms with Gasteiger partial charge in [-0.15, -0.1) is 0 Å². The number of hydrogen-bond donors (Lipinski definition) is 2. The second-order valence-corrected chi connectivity index (χ2v) is 6.24. The average molecular weight is 350 g/mol. The number of benzene rings is 1. The van der Waals surface area contributed by atoms with Crippen LogP contribution in [0.4, 0.5) is 10.1 Å². The van der Waals surface area contributed by atoms with Crippen LogP contribution in [0, 0.1) is 12.7 Å². The number of carbonyl (C=O) groups is 1. The van der Waals surface area contributed by atoms with Crippen LogP contribution in [0.2, 0.25) is 5.02 Å². The highest BCUT2D eigenvalue weighted by Crippen LogP contribution is 2.30. The maximum Gasteiger partial charge on any atom is 0.272 e. The van der Waals surface area contributed by atoms with Gasteiger partial charge in [0, 0.05) is 24.0 Å². The van der Waals surface area contributed by atoms with Gasteiger partial charge >= 0.3 is 0 Å². The van der Waals surface area contributed by atoms with Crippen molar-refractivity contribution in [1.82, 2.24) is 4.57 Å². The third-order valence-corrected chi connectivity index (χ3v) is 4.72. The summed E-state index contributed by atoms with van der Waals surface area (Å²) < 4.78 is 15.0. The first-order chi connectivity index (χ1) is 11.4. The van der Waals surface area contributed by atoms with E-state index in [0.29, 0.717) is 23.5 Å². The molecule has 0 saturated heterocycles. The minimum atomic E-state index is -0.537. The molecule has 0 unspecified atom stereocenters. The largest absolute Gasteiger partial charge is 0.411 e. The number of nitrogens with zero attached hydrogens (tertiary/aromatic N) is 2. The topological polar surface area (TPSA) is 66.6 Å². The Morgan fingerprint density at radius 2 is 2.17 bits per heavy atom. The average Bonchev–Trinajstić information content (AvgIpc) is 2.82. The standard InChI is InChI=1S/C17H17ClFN3O2/c1-9-15-11(4-3-5-14(15)21-24)16(22(9)2)17(23)20-10-6-7-13(19)12(18)8-10/h6-8,24H,3-5H2,1-2H3,(H,20,23). The highest BCUT2D eigenvalue weighted by molar-refractivity contribution is 6.31. The number of hydrogen-bond acceptors (Lipinski definition) is 3. The lowest BCUT2D eigenvalue weighted by atomic mass is 9.90. The van der Waals surface area contributed by atoms with Crippen molar-refractivity contribution < 1.29 is 14.4 Å². The van der Waals surface area contributed by atoms with Gasteiger partial charge in [0.15, 0.2) is 0 Å². The fourth-order valence-corrected chi connectivity index (χ4v) is 3.39. The minimum absolute atomic E-state index is 0.0485. The van der Waals surface area contributed by atoms with Crippen LogP contribution in [-0.4, -0.2) is 21.4 Å². The predicted octanol–water partition coefficient (Wildman–Crippen LogP) is 3.89. The first-order valence-corrected chi connectivity index (χ1v) is 7.97. The fourth-order valence-electron chi connectivity index (χ4n) is 3.21. The molecule has 0 bridgehead atoms. The quantitative estimate of drug-likeness (QED) is 0.638. The Hall–Kier alpha value is -2.34. The molecule has 1 heterocycles. The molecule has 0 aliphatic heterocycles. The van der Waals surface area contributed by atoms with Gasteiger partial charge in [0.1, 0.15) is 11.5 Å². The van der Waals surface area contributed by atoms with Gasteiger partial charge in [0.25, 0.3) is 5.91 Å². The second-order valence-electron chi connectivity index (χ2n) is 5.83. The summed E-state index contributed by atoms with van der Waals surface area (Å²) in [6.07, 6.45) is 2.24. The predicted molar refractivity (Wildman–Crippen MR) is 90.8 cm³/mol. The smallest absolute Gasteiger partial charge is 0.272 e. The monoisotopic (exact) mass is 349 g/mol. The molecule has 0 radical (unpaired) electrons. The van der Waals surface area contributed by atoms with Gasteiger partial charge in [0.05, 0.1) is 10.7 Å². The molecule has 5 nitrogen and oxygen atoms in total. The summed E-state index contributed by atoms with van der Waals surface area (Å²) in [6, 6.07) is 4.04. The summed E-state index contributed by atoms with van der Waals surface area (Å²) in [5.41, 5.74) is 4.14. The maximum absolute atomic E-state index is 13.2. The number of nitrogens with one attached hydrogen (secondary N) is 1. The molecule has 2 N–H and O–H groups in total. The third kappa shape index (κ3) is 2.67. The molecular formula is C17H17ClFN3O2. The molecule has 3 rings (SSSR count). The van der Waals surface area contributed by atoms with E-state index in [4.69, 9.17) is 11.6 Å². The van der Waals surface area contributed by atoms with E-state index in [2.05, 4.69) is 10.5 Å². The van der Waals surface area contributed by atoms with Crippen molar-refractivity contribution in [1.29, 1.82) is 0 Å². The molecule has 1 aliphatic carbocycles. The number of amides is 1. The Morgan fingerprint density at radius 1 is 1.42 bits per heavy atom. The molecule has 1 aromatic carbocycles. The van der Waals surface area contributed by atoms with Crippen molar-refractivity contribution in [2.45, 2.75) is 26.2 Å². The zero-order valence-electron chi connectivity index (χ0n) is 13.4. The van der Waals surface area contributed by atoms with Gasteiger partial charge in [-0.05, 0) is 49.9 Å². The lowest BCUT2D eigenvalue weighted by Crippen LogP contribution is -2.19. The van der Waals surface area contributed by atoms with Crippen molar-refractivity contribution >= 4 is 28.9 Å². The Balaban J connectivity index is 2.00. The minimum Gasteiger partial charge on any atom is -0.411 e. The summed E-state index contributed by atoms with van der Waals surface area (Å²) in [7, 11) is 1.80. The molecule has 24 heavy (non-hydrogen) atoms. The van der Waals surface area contributed by atoms with Crippen LogP contribution < -0.4 is 5.32 Å². The van der Waals surface area contributed by atoms with Crippen LogP contribution in [0.25, 0.3) is 0 Å². The molecule has 1 aliphatic rings. The van der Waals surface area contributed by atoms with Gasteiger partial charge in [-0.3, -0.25) is 4.79 Å². The number of rotatable bonds is 2. The van der Waals surface area contributed by atoms with Gasteiger partial charge in [-0.1, -0.05) is 16.8 Å². The summed E-state index contributed by atoms with van der Waals surface area (Å²) >= 11 is 5.76. The van der Waals surface area contributed by atoms with Crippen LogP contribution >= 0.6 is 11.6 Å². The lowest BCUT2D eigenvalue weighted by molar-refractivity contribution is 0.101. The highest BCUT2D eigenvalue weighted by atomic mass is 35.5. The van der Waals surface area contributed by atoms with E-state index in [1.165, 1.54) is 18.2 Å². The number of carbonyl (C=O) groups excluding carboxylic acids is 1. The SMILES string of the molecule is Cc1c2c(c(C(=O)Nc3ccc(F)c(Cl)c3)n1C)CCCC2=NO. The van der Waals surface area contributed by atoms with Crippen molar-refractivity contribution in [3.8, 4) is 0 Å². The van der Waals surface area contributed by atoms with Crippen LogP contribution in [0.15, 0.2) is 23.4 Å². The first kappa shape index (κ1) is 16.5. The molecule has 1 aromatic heterocycles. The van der Waals surface area contributed by atoms with E-state index < -0.39 is 5.82 Å². The number of aromatic nitrogens is 1. The van der Waals surface area contributed by atoms with E-state index in [9.17, 15) is 14.4 Å². The van der Waals surface area contributed by atoms with Gasteiger partial charge < -0.3 is 15.1 Å². The molecule has 2 aromatic rings. The van der Waals surface area contributed by atoms with E-state index in [1.807, 2.05) is 6.92 Å². The number of halogens is 2. The van der Waals surface area contributed by atoms with E-state index in [-0.39, 0.29) is 10.9 Å². The Labute approximate surface area is 143 Å². The molecule has 0 fully saturated rings.